The van der Waals surface area contributed by atoms with Crippen molar-refractivity contribution >= 4 is 12.4 Å². The van der Waals surface area contributed by atoms with Crippen molar-refractivity contribution in [1.29, 1.82) is 0 Å². The molecule has 1 saturated heterocycles. The fourth-order valence-corrected chi connectivity index (χ4v) is 1.54. The summed E-state index contributed by atoms with van der Waals surface area (Å²) in [4.78, 5) is 0. The highest BCUT2D eigenvalue weighted by molar-refractivity contribution is 5.85. The largest absolute Gasteiger partial charge is 0.310 e. The van der Waals surface area contributed by atoms with Crippen molar-refractivity contribution in [1.82, 2.24) is 5.32 Å². The van der Waals surface area contributed by atoms with Crippen LogP contribution in [-0.2, 0) is 0 Å². The minimum Gasteiger partial charge on any atom is -0.310 e. The molecule has 1 atom stereocenters. The van der Waals surface area contributed by atoms with Gasteiger partial charge in [-0.2, -0.15) is 0 Å². The van der Waals surface area contributed by atoms with Gasteiger partial charge in [-0.15, -0.1) is 12.4 Å². The lowest BCUT2D eigenvalue weighted by Gasteiger charge is -2.29. The normalized spacial score (nSPS) is 20.3. The van der Waals surface area contributed by atoms with Crippen LogP contribution < -0.4 is 5.32 Å². The quantitative estimate of drug-likeness (QED) is 0.737. The first kappa shape index (κ1) is 10.5. The Morgan fingerprint density at radius 3 is 2.69 bits per heavy atom. The fourth-order valence-electron chi connectivity index (χ4n) is 1.54. The van der Waals surface area contributed by atoms with E-state index in [2.05, 4.69) is 5.32 Å². The van der Waals surface area contributed by atoms with Crippen LogP contribution in [-0.4, -0.2) is 6.54 Å². The Morgan fingerprint density at radius 1 is 1.46 bits per heavy atom. The van der Waals surface area contributed by atoms with Crippen molar-refractivity contribution in [3.8, 4) is 0 Å². The molecule has 0 aliphatic carbocycles. The van der Waals surface area contributed by atoms with Gasteiger partial charge in [-0.05, 0) is 43.1 Å². The Hall–Kier alpha value is -0.600. The second kappa shape index (κ2) is 4.07. The number of halogens is 2. The molecule has 0 aromatic heterocycles. The molecule has 0 bridgehead atoms. The van der Waals surface area contributed by atoms with Crippen LogP contribution in [0.5, 0.6) is 0 Å². The number of aryl methyl sites for hydroxylation is 1. The van der Waals surface area contributed by atoms with Crippen LogP contribution in [0.1, 0.15) is 23.6 Å². The van der Waals surface area contributed by atoms with Gasteiger partial charge in [0, 0.05) is 6.04 Å². The maximum Gasteiger partial charge on any atom is 0.123 e. The van der Waals surface area contributed by atoms with Crippen LogP contribution in [0.15, 0.2) is 18.2 Å². The van der Waals surface area contributed by atoms with Crippen molar-refractivity contribution < 1.29 is 4.39 Å². The molecule has 1 aromatic rings. The van der Waals surface area contributed by atoms with Crippen molar-refractivity contribution in [2.45, 2.75) is 19.4 Å². The smallest absolute Gasteiger partial charge is 0.123 e. The molecule has 1 nitrogen and oxygen atoms in total. The zero-order chi connectivity index (χ0) is 8.55. The first-order chi connectivity index (χ1) is 5.77. The first-order valence-corrected chi connectivity index (χ1v) is 4.27. The van der Waals surface area contributed by atoms with Crippen molar-refractivity contribution in [3.63, 3.8) is 0 Å². The lowest BCUT2D eigenvalue weighted by atomic mass is 9.94. The summed E-state index contributed by atoms with van der Waals surface area (Å²) in [5, 5.41) is 3.26. The summed E-state index contributed by atoms with van der Waals surface area (Å²) < 4.78 is 12.8. The van der Waals surface area contributed by atoms with E-state index in [-0.39, 0.29) is 18.2 Å². The Kier molecular flexibility index (Phi) is 3.28. The third-order valence-electron chi connectivity index (χ3n) is 2.44. The van der Waals surface area contributed by atoms with E-state index in [1.807, 2.05) is 13.0 Å². The summed E-state index contributed by atoms with van der Waals surface area (Å²) in [7, 11) is 0. The maximum atomic E-state index is 12.8. The summed E-state index contributed by atoms with van der Waals surface area (Å²) >= 11 is 0. The SMILES string of the molecule is Cc1ccc(F)cc1[C@H]1CCN1.Cl. The third kappa shape index (κ3) is 2.01. The summed E-state index contributed by atoms with van der Waals surface area (Å²) in [6, 6.07) is 5.37. The van der Waals surface area contributed by atoms with Crippen LogP contribution in [0.2, 0.25) is 0 Å². The van der Waals surface area contributed by atoms with E-state index < -0.39 is 0 Å². The number of nitrogens with one attached hydrogen (secondary N) is 1. The molecule has 13 heavy (non-hydrogen) atoms. The Bertz CT molecular complexity index is 297. The van der Waals surface area contributed by atoms with E-state index >= 15 is 0 Å². The van der Waals surface area contributed by atoms with Crippen LogP contribution in [0.25, 0.3) is 0 Å². The topological polar surface area (TPSA) is 12.0 Å². The van der Waals surface area contributed by atoms with Gasteiger partial charge in [0.1, 0.15) is 5.82 Å². The van der Waals surface area contributed by atoms with E-state index in [9.17, 15) is 4.39 Å². The molecule has 0 spiro atoms. The zero-order valence-electron chi connectivity index (χ0n) is 7.51. The van der Waals surface area contributed by atoms with Crippen LogP contribution >= 0.6 is 12.4 Å². The van der Waals surface area contributed by atoms with Gasteiger partial charge in [0.25, 0.3) is 0 Å². The predicted molar refractivity (Wildman–Crippen MR) is 53.7 cm³/mol. The average Bonchev–Trinajstić information content (AvgIpc) is 1.93. The van der Waals surface area contributed by atoms with Crippen LogP contribution in [0, 0.1) is 12.7 Å². The number of rotatable bonds is 1. The molecule has 72 valence electrons. The second-order valence-electron chi connectivity index (χ2n) is 3.30. The molecule has 0 saturated carbocycles. The number of hydrogen-bond donors (Lipinski definition) is 1. The van der Waals surface area contributed by atoms with Gasteiger partial charge in [0.05, 0.1) is 0 Å². The summed E-state index contributed by atoms with van der Waals surface area (Å²) in [6.45, 7) is 3.08. The zero-order valence-corrected chi connectivity index (χ0v) is 8.33. The molecule has 1 aliphatic heterocycles. The first-order valence-electron chi connectivity index (χ1n) is 4.27. The van der Waals surface area contributed by atoms with E-state index in [4.69, 9.17) is 0 Å². The molecule has 1 aromatic carbocycles. The Labute approximate surface area is 83.8 Å². The molecule has 0 unspecified atom stereocenters. The van der Waals surface area contributed by atoms with E-state index in [0.29, 0.717) is 6.04 Å². The van der Waals surface area contributed by atoms with Gasteiger partial charge < -0.3 is 5.32 Å². The Morgan fingerprint density at radius 2 is 2.15 bits per heavy atom. The van der Waals surface area contributed by atoms with E-state index in [0.717, 1.165) is 18.5 Å². The number of hydrogen-bond acceptors (Lipinski definition) is 1. The van der Waals surface area contributed by atoms with Crippen molar-refractivity contribution in [3.05, 3.63) is 35.1 Å². The summed E-state index contributed by atoms with van der Waals surface area (Å²) in [5.74, 6) is -0.135. The van der Waals surface area contributed by atoms with Crippen LogP contribution in [0.3, 0.4) is 0 Å². The molecule has 1 N–H and O–H groups in total. The summed E-state index contributed by atoms with van der Waals surface area (Å²) in [5.41, 5.74) is 2.29. The molecular weight excluding hydrogens is 189 g/mol. The van der Waals surface area contributed by atoms with E-state index in [1.54, 1.807) is 6.07 Å². The predicted octanol–water partition coefficient (Wildman–Crippen LogP) is 2.59. The van der Waals surface area contributed by atoms with E-state index in [1.165, 1.54) is 11.6 Å². The molecule has 1 aliphatic rings. The molecule has 1 heterocycles. The van der Waals surface area contributed by atoms with Crippen LogP contribution in [0.4, 0.5) is 4.39 Å². The lowest BCUT2D eigenvalue weighted by Crippen LogP contribution is -2.35. The van der Waals surface area contributed by atoms with Gasteiger partial charge in [-0.25, -0.2) is 4.39 Å². The highest BCUT2D eigenvalue weighted by Gasteiger charge is 2.20. The maximum absolute atomic E-state index is 12.8. The lowest BCUT2D eigenvalue weighted by molar-refractivity contribution is 0.380. The molecule has 3 heteroatoms. The van der Waals surface area contributed by atoms with Gasteiger partial charge in [-0.1, -0.05) is 6.07 Å². The van der Waals surface area contributed by atoms with Crippen molar-refractivity contribution in [2.75, 3.05) is 6.54 Å². The third-order valence-corrected chi connectivity index (χ3v) is 2.44. The fraction of sp³-hybridized carbons (Fsp3) is 0.400. The summed E-state index contributed by atoms with van der Waals surface area (Å²) in [6.07, 6.45) is 1.13. The standard InChI is InChI=1S/C10H12FN.ClH/c1-7-2-3-8(11)6-9(7)10-4-5-12-10;/h2-3,6,10,12H,4-5H2,1H3;1H/t10-;/m1./s1. The van der Waals surface area contributed by atoms with Gasteiger partial charge in [0.2, 0.25) is 0 Å². The van der Waals surface area contributed by atoms with Gasteiger partial charge >= 0.3 is 0 Å². The van der Waals surface area contributed by atoms with Crippen molar-refractivity contribution in [2.24, 2.45) is 0 Å². The molecule has 0 radical (unpaired) electrons. The van der Waals surface area contributed by atoms with Gasteiger partial charge in [-0.3, -0.25) is 0 Å². The number of benzene rings is 1. The van der Waals surface area contributed by atoms with Gasteiger partial charge in [0.15, 0.2) is 0 Å². The molecular formula is C10H13ClFN. The highest BCUT2D eigenvalue weighted by atomic mass is 35.5. The molecule has 0 amide bonds. The molecule has 1 fully saturated rings. The Balaban J connectivity index is 0.000000845. The minimum absolute atomic E-state index is 0. The minimum atomic E-state index is -0.135. The second-order valence-corrected chi connectivity index (χ2v) is 3.30. The highest BCUT2D eigenvalue weighted by Crippen LogP contribution is 2.25. The average molecular weight is 202 g/mol. The molecule has 2 rings (SSSR count). The monoisotopic (exact) mass is 201 g/mol.